The average Bonchev–Trinajstić information content (AvgIpc) is 3.36. The number of ether oxygens (including phenoxy) is 2. The Balaban J connectivity index is 2.35. The van der Waals surface area contributed by atoms with E-state index in [0.29, 0.717) is 48.7 Å². The van der Waals surface area contributed by atoms with Crippen molar-refractivity contribution < 1.29 is 33.8 Å². The molecule has 262 valence electrons. The molecule has 2 rings (SSSR count). The number of hydrogen-bond donors (Lipinski definition) is 3. The predicted octanol–water partition coefficient (Wildman–Crippen LogP) is 8.65. The van der Waals surface area contributed by atoms with E-state index >= 15 is 0 Å². The Morgan fingerprint density at radius 1 is 1.07 bits per heavy atom. The van der Waals surface area contributed by atoms with E-state index in [0.717, 1.165) is 18.4 Å². The number of carbonyl (C=O) groups is 4. The monoisotopic (exact) mass is 664 g/mol. The van der Waals surface area contributed by atoms with Crippen molar-refractivity contribution in [2.75, 3.05) is 11.1 Å². The van der Waals surface area contributed by atoms with E-state index in [1.165, 1.54) is 11.8 Å². The molecule has 0 aliphatic heterocycles. The Hall–Kier alpha value is -2.49. The molecule has 1 fully saturated rings. The molecule has 1 aliphatic carbocycles. The summed E-state index contributed by atoms with van der Waals surface area (Å²) in [5, 5.41) is 12.2. The van der Waals surface area contributed by atoms with Gasteiger partial charge in [-0.25, -0.2) is 4.79 Å². The second kappa shape index (κ2) is 16.6. The van der Waals surface area contributed by atoms with Crippen LogP contribution in [-0.2, 0) is 23.9 Å². The molecule has 1 heterocycles. The largest absolute Gasteiger partial charge is 0.481 e. The van der Waals surface area contributed by atoms with Gasteiger partial charge < -0.3 is 24.9 Å². The van der Waals surface area contributed by atoms with E-state index in [1.54, 1.807) is 6.20 Å². The molecule has 0 saturated heterocycles. The number of aromatic nitrogens is 1. The van der Waals surface area contributed by atoms with Gasteiger partial charge in [-0.2, -0.15) is 0 Å². The maximum Gasteiger partial charge on any atom is 0.342 e. The number of thioether (sulfide) groups is 1. The van der Waals surface area contributed by atoms with Gasteiger partial charge in [0.15, 0.2) is 5.44 Å². The number of carbonyl (C=O) groups excluding carboxylic acids is 3. The highest BCUT2D eigenvalue weighted by Gasteiger charge is 2.48. The van der Waals surface area contributed by atoms with E-state index in [-0.39, 0.29) is 53.5 Å². The van der Waals surface area contributed by atoms with E-state index in [1.807, 2.05) is 27.7 Å². The number of aliphatic carboxylic acids is 1. The zero-order valence-electron chi connectivity index (χ0n) is 30.1. The second-order valence-electron chi connectivity index (χ2n) is 15.7. The first-order valence-corrected chi connectivity index (χ1v) is 18.0. The molecule has 0 spiro atoms. The molecule has 3 unspecified atom stereocenters. The third-order valence-electron chi connectivity index (χ3n) is 10.0. The molecule has 1 saturated carbocycles. The van der Waals surface area contributed by atoms with E-state index in [2.05, 4.69) is 58.8 Å². The van der Waals surface area contributed by atoms with Crippen molar-refractivity contribution in [1.29, 1.82) is 0 Å². The topological polar surface area (TPSA) is 135 Å². The molecular weight excluding hydrogens is 604 g/mol. The number of nitrogens with one attached hydrogen (secondary N) is 2. The molecule has 46 heavy (non-hydrogen) atoms. The number of anilines is 1. The minimum absolute atomic E-state index is 0.0270. The van der Waals surface area contributed by atoms with Crippen LogP contribution in [0.2, 0.25) is 0 Å². The standard InChI is InChI=1S/C36H60N2O7S/c1-12-36(13-2,15-14-16-46-28(44-21-39)19-27(40)41)33(43)38-31-29(24(20-37-31)22(3)4)32(42)45-30-25(34(6,7)8)17-23(5)18-26(30)35(9,10)11/h20-23,25-26,28,30,37H,12-19H2,1-11H3,(H,38,43)(H,40,41). The van der Waals surface area contributed by atoms with Crippen molar-refractivity contribution in [2.24, 2.45) is 34.0 Å². The molecule has 3 N–H and O–H groups in total. The molecule has 1 aromatic rings. The van der Waals surface area contributed by atoms with Crippen molar-refractivity contribution in [1.82, 2.24) is 4.98 Å². The summed E-state index contributed by atoms with van der Waals surface area (Å²) in [6, 6.07) is 0. The molecule has 1 aliphatic rings. The quantitative estimate of drug-likeness (QED) is 0.0692. The lowest BCUT2D eigenvalue weighted by molar-refractivity contribution is -0.140. The highest BCUT2D eigenvalue weighted by Crippen LogP contribution is 2.50. The fourth-order valence-corrected chi connectivity index (χ4v) is 7.98. The number of amides is 1. The van der Waals surface area contributed by atoms with Crippen molar-refractivity contribution in [2.45, 2.75) is 139 Å². The van der Waals surface area contributed by atoms with Crippen molar-refractivity contribution in [3.8, 4) is 0 Å². The highest BCUT2D eigenvalue weighted by atomic mass is 32.2. The SMILES string of the molecule is CCC(CC)(CCCSC(CC(=O)O)OC=O)C(=O)Nc1[nH]cc(C(C)C)c1C(=O)OC1C(C(C)(C)C)CC(C)CC1C(C)(C)C. The van der Waals surface area contributed by atoms with Crippen LogP contribution < -0.4 is 5.32 Å². The molecule has 9 nitrogen and oxygen atoms in total. The van der Waals surface area contributed by atoms with Gasteiger partial charge in [0.1, 0.15) is 17.5 Å². The van der Waals surface area contributed by atoms with Gasteiger partial charge in [0.25, 0.3) is 6.47 Å². The number of esters is 1. The maximum atomic E-state index is 14.2. The fourth-order valence-electron chi connectivity index (χ4n) is 7.02. The van der Waals surface area contributed by atoms with Crippen LogP contribution in [-0.4, -0.2) is 51.7 Å². The molecule has 1 aromatic heterocycles. The average molecular weight is 665 g/mol. The lowest BCUT2D eigenvalue weighted by Crippen LogP contribution is -2.49. The summed E-state index contributed by atoms with van der Waals surface area (Å²) in [5.74, 6) is 0.225. The third-order valence-corrected chi connectivity index (χ3v) is 11.2. The van der Waals surface area contributed by atoms with Crippen LogP contribution in [0, 0.1) is 34.0 Å². The Morgan fingerprint density at radius 2 is 1.63 bits per heavy atom. The van der Waals surface area contributed by atoms with Gasteiger partial charge in [-0.05, 0) is 72.5 Å². The van der Waals surface area contributed by atoms with Gasteiger partial charge in [-0.1, -0.05) is 76.2 Å². The Labute approximate surface area is 281 Å². The summed E-state index contributed by atoms with van der Waals surface area (Å²) < 4.78 is 11.5. The second-order valence-corrected chi connectivity index (χ2v) is 17.0. The van der Waals surface area contributed by atoms with Gasteiger partial charge in [-0.15, -0.1) is 11.8 Å². The molecule has 0 aromatic carbocycles. The first-order valence-electron chi connectivity index (χ1n) is 17.0. The van der Waals surface area contributed by atoms with E-state index in [9.17, 15) is 19.2 Å². The Morgan fingerprint density at radius 3 is 2.09 bits per heavy atom. The van der Waals surface area contributed by atoms with Gasteiger partial charge in [0.05, 0.1) is 6.42 Å². The number of rotatable bonds is 16. The number of carboxylic acids is 1. The first-order chi connectivity index (χ1) is 21.3. The molecule has 0 radical (unpaired) electrons. The van der Waals surface area contributed by atoms with Crippen LogP contribution in [0.4, 0.5) is 5.82 Å². The molecule has 3 atom stereocenters. The minimum Gasteiger partial charge on any atom is -0.481 e. The van der Waals surface area contributed by atoms with Gasteiger partial charge >= 0.3 is 11.9 Å². The molecule has 0 bridgehead atoms. The maximum absolute atomic E-state index is 14.2. The smallest absolute Gasteiger partial charge is 0.342 e. The van der Waals surface area contributed by atoms with Crippen molar-refractivity contribution in [3.05, 3.63) is 17.3 Å². The van der Waals surface area contributed by atoms with Crippen molar-refractivity contribution in [3.63, 3.8) is 0 Å². The summed E-state index contributed by atoms with van der Waals surface area (Å²) in [5.41, 5.74) is -0.377. The first kappa shape index (κ1) is 39.7. The van der Waals surface area contributed by atoms with Crippen molar-refractivity contribution >= 4 is 41.9 Å². The van der Waals surface area contributed by atoms with Crippen LogP contribution in [0.25, 0.3) is 0 Å². The summed E-state index contributed by atoms with van der Waals surface area (Å²) >= 11 is 1.25. The van der Waals surface area contributed by atoms with E-state index in [4.69, 9.17) is 14.6 Å². The molecule has 1 amide bonds. The molecule has 10 heteroatoms. The van der Waals surface area contributed by atoms with Gasteiger partial charge in [0.2, 0.25) is 5.91 Å². The Bertz CT molecular complexity index is 1150. The summed E-state index contributed by atoms with van der Waals surface area (Å²) in [7, 11) is 0. The van der Waals surface area contributed by atoms with Crippen LogP contribution in [0.15, 0.2) is 6.20 Å². The number of aromatic amines is 1. The lowest BCUT2D eigenvalue weighted by Gasteiger charge is -2.50. The van der Waals surface area contributed by atoms with Crippen LogP contribution >= 0.6 is 11.8 Å². The summed E-state index contributed by atoms with van der Waals surface area (Å²) in [6.45, 7) is 23.9. The van der Waals surface area contributed by atoms with Crippen LogP contribution in [0.3, 0.4) is 0 Å². The third kappa shape index (κ3) is 10.3. The number of hydrogen-bond acceptors (Lipinski definition) is 7. The Kier molecular flexibility index (Phi) is 14.3. The van der Waals surface area contributed by atoms with Crippen LogP contribution in [0.1, 0.15) is 143 Å². The number of carboxylic acid groups (broad SMARTS) is 1. The molecular formula is C36H60N2O7S. The zero-order chi connectivity index (χ0) is 35.0. The van der Waals surface area contributed by atoms with Gasteiger partial charge in [-0.3, -0.25) is 14.4 Å². The van der Waals surface area contributed by atoms with E-state index < -0.39 is 22.8 Å². The fraction of sp³-hybridized carbons (Fsp3) is 0.778. The number of H-pyrrole nitrogens is 1. The zero-order valence-corrected chi connectivity index (χ0v) is 30.9. The van der Waals surface area contributed by atoms with Gasteiger partial charge in [0, 0.05) is 23.4 Å². The summed E-state index contributed by atoms with van der Waals surface area (Å²) in [4.78, 5) is 53.3. The highest BCUT2D eigenvalue weighted by molar-refractivity contribution is 7.99. The normalized spacial score (nSPS) is 21.5. The minimum atomic E-state index is -1.04. The summed E-state index contributed by atoms with van der Waals surface area (Å²) in [6.07, 6.45) is 5.60. The predicted molar refractivity (Wildman–Crippen MR) is 185 cm³/mol. The lowest BCUT2D eigenvalue weighted by atomic mass is 9.59. The van der Waals surface area contributed by atoms with Crippen LogP contribution in [0.5, 0.6) is 0 Å².